The van der Waals surface area contributed by atoms with Gasteiger partial charge < -0.3 is 14.5 Å². The van der Waals surface area contributed by atoms with Crippen LogP contribution in [0.25, 0.3) is 5.69 Å². The van der Waals surface area contributed by atoms with Crippen molar-refractivity contribution in [2.45, 2.75) is 57.1 Å². The van der Waals surface area contributed by atoms with E-state index in [0.29, 0.717) is 38.9 Å². The Kier molecular flexibility index (Phi) is 9.81. The highest BCUT2D eigenvalue weighted by molar-refractivity contribution is 7.99. The number of nitrogens with zero attached hydrogens (tertiary/aromatic N) is 5. The van der Waals surface area contributed by atoms with Gasteiger partial charge in [0.1, 0.15) is 11.6 Å². The number of rotatable bonds is 11. The molecule has 0 spiro atoms. The van der Waals surface area contributed by atoms with Gasteiger partial charge in [0.25, 0.3) is 0 Å². The van der Waals surface area contributed by atoms with Crippen LogP contribution in [0.2, 0.25) is 0 Å². The largest absolute Gasteiger partial charge is 0.497 e. The van der Waals surface area contributed by atoms with Crippen molar-refractivity contribution in [3.05, 3.63) is 66.0 Å². The first-order valence-corrected chi connectivity index (χ1v) is 14.3. The number of piperazine rings is 1. The van der Waals surface area contributed by atoms with Crippen molar-refractivity contribution in [2.24, 2.45) is 0 Å². The Morgan fingerprint density at radius 1 is 1.00 bits per heavy atom. The molecule has 2 heterocycles. The molecule has 1 fully saturated rings. The Bertz CT molecular complexity index is 1200. The van der Waals surface area contributed by atoms with E-state index in [-0.39, 0.29) is 17.9 Å². The number of carbonyl (C=O) groups excluding carboxylic acids is 2. The van der Waals surface area contributed by atoms with Crippen molar-refractivity contribution in [3.8, 4) is 11.4 Å². The van der Waals surface area contributed by atoms with Crippen LogP contribution in [0, 0.1) is 0 Å². The molecule has 1 atom stereocenters. The lowest BCUT2D eigenvalue weighted by atomic mass is 10.1. The summed E-state index contributed by atoms with van der Waals surface area (Å²) in [6.07, 6.45) is 3.32. The molecule has 1 aromatic heterocycles. The van der Waals surface area contributed by atoms with Crippen molar-refractivity contribution in [2.75, 3.05) is 32.5 Å². The summed E-state index contributed by atoms with van der Waals surface area (Å²) in [5, 5.41) is 9.82. The Hall–Kier alpha value is -3.33. The second kappa shape index (κ2) is 13.5. The van der Waals surface area contributed by atoms with Crippen molar-refractivity contribution in [1.29, 1.82) is 0 Å². The van der Waals surface area contributed by atoms with Gasteiger partial charge in [-0.2, -0.15) is 0 Å². The van der Waals surface area contributed by atoms with E-state index in [1.54, 1.807) is 18.9 Å². The molecule has 2 amide bonds. The fourth-order valence-corrected chi connectivity index (χ4v) is 5.64. The molecule has 1 unspecified atom stereocenters. The molecule has 0 saturated carbocycles. The zero-order valence-corrected chi connectivity index (χ0v) is 23.3. The highest BCUT2D eigenvalue weighted by Crippen LogP contribution is 2.26. The fourth-order valence-electron chi connectivity index (χ4n) is 4.73. The number of thioether (sulfide) groups is 1. The highest BCUT2D eigenvalue weighted by Gasteiger charge is 2.29. The van der Waals surface area contributed by atoms with E-state index in [1.807, 2.05) is 66.1 Å². The van der Waals surface area contributed by atoms with Crippen molar-refractivity contribution in [3.63, 3.8) is 0 Å². The average molecular weight is 536 g/mol. The topological polar surface area (TPSA) is 80.6 Å². The van der Waals surface area contributed by atoms with Crippen LogP contribution in [0.1, 0.15) is 50.9 Å². The van der Waals surface area contributed by atoms with Crippen LogP contribution in [0.3, 0.4) is 0 Å². The van der Waals surface area contributed by atoms with Gasteiger partial charge >= 0.3 is 0 Å². The number of carbonyl (C=O) groups is 2. The summed E-state index contributed by atoms with van der Waals surface area (Å²) in [5.74, 6) is 2.77. The van der Waals surface area contributed by atoms with E-state index in [0.717, 1.165) is 41.0 Å². The summed E-state index contributed by atoms with van der Waals surface area (Å²) in [4.78, 5) is 29.0. The molecular weight excluding hydrogens is 498 g/mol. The molecule has 2 aromatic carbocycles. The van der Waals surface area contributed by atoms with E-state index >= 15 is 0 Å². The van der Waals surface area contributed by atoms with Crippen LogP contribution in [0.15, 0.2) is 59.8 Å². The molecule has 9 heteroatoms. The van der Waals surface area contributed by atoms with Gasteiger partial charge in [0, 0.05) is 56.4 Å². The lowest BCUT2D eigenvalue weighted by molar-refractivity contribution is -0.142. The normalized spacial score (nSPS) is 15.5. The summed E-state index contributed by atoms with van der Waals surface area (Å²) in [5.41, 5.74) is 2.15. The molecule has 202 valence electrons. The monoisotopic (exact) mass is 535 g/mol. The number of methoxy groups -OCH3 is 1. The zero-order valence-electron chi connectivity index (χ0n) is 22.5. The van der Waals surface area contributed by atoms with Gasteiger partial charge in [-0.3, -0.25) is 14.2 Å². The SMILES string of the molecule is CCCC(=O)N1CCN(C(=O)CCCSc2nnc(Cc3ccccc3)n2-c2ccc(OC)cc2)CC1C. The average Bonchev–Trinajstić information content (AvgIpc) is 3.33. The summed E-state index contributed by atoms with van der Waals surface area (Å²) in [6, 6.07) is 18.2. The maximum absolute atomic E-state index is 12.9. The van der Waals surface area contributed by atoms with Crippen molar-refractivity contribution < 1.29 is 14.3 Å². The first kappa shape index (κ1) is 27.7. The van der Waals surface area contributed by atoms with Crippen LogP contribution < -0.4 is 4.74 Å². The summed E-state index contributed by atoms with van der Waals surface area (Å²) >= 11 is 1.62. The first-order valence-electron chi connectivity index (χ1n) is 13.3. The molecule has 0 aliphatic carbocycles. The minimum absolute atomic E-state index is 0.0622. The number of amides is 2. The predicted octanol–water partition coefficient (Wildman–Crippen LogP) is 4.60. The van der Waals surface area contributed by atoms with Gasteiger partial charge in [0.15, 0.2) is 5.16 Å². The molecule has 1 aliphatic rings. The van der Waals surface area contributed by atoms with Gasteiger partial charge in [-0.1, -0.05) is 49.0 Å². The van der Waals surface area contributed by atoms with Crippen molar-refractivity contribution >= 4 is 23.6 Å². The third-order valence-electron chi connectivity index (χ3n) is 6.77. The van der Waals surface area contributed by atoms with Crippen LogP contribution in [-0.2, 0) is 16.0 Å². The Morgan fingerprint density at radius 2 is 1.76 bits per heavy atom. The quantitative estimate of drug-likeness (QED) is 0.264. The third kappa shape index (κ3) is 6.95. The lowest BCUT2D eigenvalue weighted by Gasteiger charge is -2.40. The minimum Gasteiger partial charge on any atom is -0.497 e. The molecule has 1 saturated heterocycles. The van der Waals surface area contributed by atoms with E-state index < -0.39 is 0 Å². The molecular formula is C29H37N5O3S. The molecule has 38 heavy (non-hydrogen) atoms. The first-order chi connectivity index (χ1) is 18.5. The molecule has 0 N–H and O–H groups in total. The Morgan fingerprint density at radius 3 is 2.45 bits per heavy atom. The summed E-state index contributed by atoms with van der Waals surface area (Å²) < 4.78 is 7.42. The van der Waals surface area contributed by atoms with Gasteiger partial charge in [-0.15, -0.1) is 10.2 Å². The molecule has 3 aromatic rings. The third-order valence-corrected chi connectivity index (χ3v) is 7.78. The maximum Gasteiger partial charge on any atom is 0.222 e. The zero-order chi connectivity index (χ0) is 26.9. The molecule has 4 rings (SSSR count). The number of ether oxygens (including phenoxy) is 1. The number of benzene rings is 2. The van der Waals surface area contributed by atoms with Gasteiger partial charge in [-0.05, 0) is 49.6 Å². The standard InChI is InChI=1S/C29H37N5O3S/c1-4-9-28(36)33-18-17-32(21-22(33)2)27(35)12-8-19-38-29-31-30-26(20-23-10-6-5-7-11-23)34(29)24-13-15-25(37-3)16-14-24/h5-7,10-11,13-16,22H,4,8-9,12,17-21H2,1-3H3. The van der Waals surface area contributed by atoms with E-state index in [2.05, 4.69) is 26.9 Å². The predicted molar refractivity (Wildman–Crippen MR) is 150 cm³/mol. The Labute approximate surface area is 229 Å². The van der Waals surface area contributed by atoms with Gasteiger partial charge in [0.2, 0.25) is 11.8 Å². The highest BCUT2D eigenvalue weighted by atomic mass is 32.2. The molecule has 0 bridgehead atoms. The second-order valence-corrected chi connectivity index (χ2v) is 10.6. The van der Waals surface area contributed by atoms with Crippen LogP contribution in [-0.4, -0.2) is 74.9 Å². The Balaban J connectivity index is 1.36. The van der Waals surface area contributed by atoms with E-state index in [9.17, 15) is 9.59 Å². The fraction of sp³-hybridized carbons (Fsp3) is 0.448. The second-order valence-electron chi connectivity index (χ2n) is 9.57. The minimum atomic E-state index is 0.0622. The van der Waals surface area contributed by atoms with E-state index in [1.165, 1.54) is 5.56 Å². The van der Waals surface area contributed by atoms with Crippen LogP contribution >= 0.6 is 11.8 Å². The summed E-state index contributed by atoms with van der Waals surface area (Å²) in [6.45, 7) is 5.89. The lowest BCUT2D eigenvalue weighted by Crippen LogP contribution is -2.55. The number of hydrogen-bond donors (Lipinski definition) is 0. The number of aromatic nitrogens is 3. The number of hydrogen-bond acceptors (Lipinski definition) is 6. The van der Waals surface area contributed by atoms with Crippen molar-refractivity contribution in [1.82, 2.24) is 24.6 Å². The molecule has 1 aliphatic heterocycles. The summed E-state index contributed by atoms with van der Waals surface area (Å²) in [7, 11) is 1.66. The van der Waals surface area contributed by atoms with Crippen LogP contribution in [0.4, 0.5) is 0 Å². The molecule has 0 radical (unpaired) electrons. The smallest absolute Gasteiger partial charge is 0.222 e. The van der Waals surface area contributed by atoms with Gasteiger partial charge in [0.05, 0.1) is 7.11 Å². The molecule has 8 nitrogen and oxygen atoms in total. The van der Waals surface area contributed by atoms with Crippen LogP contribution in [0.5, 0.6) is 5.75 Å². The maximum atomic E-state index is 12.9. The van der Waals surface area contributed by atoms with Gasteiger partial charge in [-0.25, -0.2) is 0 Å². The van der Waals surface area contributed by atoms with E-state index in [4.69, 9.17) is 4.74 Å².